The van der Waals surface area contributed by atoms with Gasteiger partial charge in [-0.3, -0.25) is 9.59 Å². The zero-order valence-corrected chi connectivity index (χ0v) is 15.2. The summed E-state index contributed by atoms with van der Waals surface area (Å²) in [7, 11) is 0. The van der Waals surface area contributed by atoms with E-state index in [2.05, 4.69) is 5.32 Å². The molecule has 0 aromatic heterocycles. The molecule has 1 aliphatic carbocycles. The van der Waals surface area contributed by atoms with Crippen LogP contribution in [0.1, 0.15) is 36.8 Å². The maximum absolute atomic E-state index is 14.0. The van der Waals surface area contributed by atoms with E-state index in [9.17, 15) is 14.0 Å². The van der Waals surface area contributed by atoms with Crippen molar-refractivity contribution in [2.75, 3.05) is 0 Å². The van der Waals surface area contributed by atoms with Crippen LogP contribution in [-0.4, -0.2) is 23.0 Å². The van der Waals surface area contributed by atoms with E-state index in [-0.39, 0.29) is 24.2 Å². The van der Waals surface area contributed by atoms with E-state index in [1.807, 2.05) is 30.3 Å². The molecule has 5 heteroatoms. The van der Waals surface area contributed by atoms with Gasteiger partial charge >= 0.3 is 5.97 Å². The van der Waals surface area contributed by atoms with Crippen LogP contribution >= 0.6 is 0 Å². The number of halogens is 1. The van der Waals surface area contributed by atoms with Crippen LogP contribution < -0.4 is 5.32 Å². The van der Waals surface area contributed by atoms with Crippen LogP contribution in [-0.2, 0) is 22.4 Å². The Morgan fingerprint density at radius 3 is 2.37 bits per heavy atom. The Morgan fingerprint density at radius 2 is 1.74 bits per heavy atom. The van der Waals surface area contributed by atoms with Gasteiger partial charge in [0.2, 0.25) is 5.91 Å². The van der Waals surface area contributed by atoms with Crippen molar-refractivity contribution in [3.63, 3.8) is 0 Å². The van der Waals surface area contributed by atoms with Crippen LogP contribution in [0.15, 0.2) is 54.6 Å². The minimum atomic E-state index is -0.880. The number of hydrogen-bond donors (Lipinski definition) is 2. The van der Waals surface area contributed by atoms with Gasteiger partial charge in [0, 0.05) is 12.5 Å². The fourth-order valence-electron chi connectivity index (χ4n) is 3.40. The minimum absolute atomic E-state index is 0.00189. The van der Waals surface area contributed by atoms with Crippen LogP contribution in [0.5, 0.6) is 0 Å². The van der Waals surface area contributed by atoms with Gasteiger partial charge in [-0.15, -0.1) is 0 Å². The summed E-state index contributed by atoms with van der Waals surface area (Å²) in [6, 6.07) is 16.0. The van der Waals surface area contributed by atoms with E-state index in [1.54, 1.807) is 18.2 Å². The maximum atomic E-state index is 14.0. The van der Waals surface area contributed by atoms with Gasteiger partial charge in [0.15, 0.2) is 0 Å². The molecule has 0 aliphatic heterocycles. The number of carboxylic acid groups (broad SMARTS) is 1. The number of hydrogen-bond acceptors (Lipinski definition) is 2. The fourth-order valence-corrected chi connectivity index (χ4v) is 3.40. The summed E-state index contributed by atoms with van der Waals surface area (Å²) < 4.78 is 14.0. The largest absolute Gasteiger partial charge is 0.481 e. The molecule has 2 aromatic rings. The molecule has 4 nitrogen and oxygen atoms in total. The quantitative estimate of drug-likeness (QED) is 0.708. The molecule has 1 atom stereocenters. The van der Waals surface area contributed by atoms with E-state index >= 15 is 0 Å². The monoisotopic (exact) mass is 369 g/mol. The molecule has 0 heterocycles. The lowest BCUT2D eigenvalue weighted by molar-refractivity contribution is -0.137. The first-order valence-electron chi connectivity index (χ1n) is 9.29. The molecule has 1 fully saturated rings. The van der Waals surface area contributed by atoms with E-state index in [4.69, 9.17) is 5.11 Å². The van der Waals surface area contributed by atoms with E-state index in [1.165, 1.54) is 6.07 Å². The highest BCUT2D eigenvalue weighted by Crippen LogP contribution is 2.49. The lowest BCUT2D eigenvalue weighted by atomic mass is 9.93. The number of rotatable bonds is 9. The zero-order chi connectivity index (χ0) is 19.3. The maximum Gasteiger partial charge on any atom is 0.303 e. The molecule has 3 rings (SSSR count). The average Bonchev–Trinajstić information content (AvgIpc) is 3.43. The first-order chi connectivity index (χ1) is 13.0. The molecule has 2 aromatic carbocycles. The average molecular weight is 369 g/mol. The summed E-state index contributed by atoms with van der Waals surface area (Å²) in [5.41, 5.74) is 1.03. The number of carbonyl (C=O) groups is 2. The summed E-state index contributed by atoms with van der Waals surface area (Å²) in [6.45, 7) is 0. The second kappa shape index (κ2) is 8.33. The summed E-state index contributed by atoms with van der Waals surface area (Å²) >= 11 is 0. The normalized spacial score (nSPS) is 15.7. The van der Waals surface area contributed by atoms with Gasteiger partial charge in [-0.05, 0) is 49.3 Å². The van der Waals surface area contributed by atoms with Crippen LogP contribution in [0.25, 0.3) is 0 Å². The van der Waals surface area contributed by atoms with Crippen molar-refractivity contribution in [1.29, 1.82) is 0 Å². The second-order valence-corrected chi connectivity index (χ2v) is 7.34. The lowest BCUT2D eigenvalue weighted by Crippen LogP contribution is -2.42. The molecule has 1 saturated carbocycles. The van der Waals surface area contributed by atoms with Crippen molar-refractivity contribution < 1.29 is 19.1 Å². The van der Waals surface area contributed by atoms with Crippen molar-refractivity contribution in [2.45, 2.75) is 44.6 Å². The summed E-state index contributed by atoms with van der Waals surface area (Å²) in [5.74, 6) is -1.27. The molecule has 0 radical (unpaired) electrons. The van der Waals surface area contributed by atoms with Crippen LogP contribution in [0.2, 0.25) is 0 Å². The molecule has 1 aliphatic rings. The Bertz CT molecular complexity index is 802. The van der Waals surface area contributed by atoms with Crippen LogP contribution in [0.3, 0.4) is 0 Å². The molecule has 2 N–H and O–H groups in total. The van der Waals surface area contributed by atoms with Gasteiger partial charge in [0.05, 0.1) is 5.41 Å². The third-order valence-corrected chi connectivity index (χ3v) is 5.19. The zero-order valence-electron chi connectivity index (χ0n) is 15.2. The third-order valence-electron chi connectivity index (χ3n) is 5.19. The van der Waals surface area contributed by atoms with Crippen LogP contribution in [0.4, 0.5) is 4.39 Å². The van der Waals surface area contributed by atoms with E-state index in [0.717, 1.165) is 18.4 Å². The summed E-state index contributed by atoms with van der Waals surface area (Å²) in [5, 5.41) is 12.0. The van der Waals surface area contributed by atoms with Crippen molar-refractivity contribution in [2.24, 2.45) is 5.41 Å². The summed E-state index contributed by atoms with van der Waals surface area (Å²) in [6.07, 6.45) is 2.77. The molecular weight excluding hydrogens is 345 g/mol. The Morgan fingerprint density at radius 1 is 1.07 bits per heavy atom. The van der Waals surface area contributed by atoms with Gasteiger partial charge in [-0.1, -0.05) is 48.5 Å². The fraction of sp³-hybridized carbons (Fsp3) is 0.364. The Balaban J connectivity index is 1.67. The van der Waals surface area contributed by atoms with Gasteiger partial charge < -0.3 is 10.4 Å². The van der Waals surface area contributed by atoms with E-state index in [0.29, 0.717) is 24.8 Å². The van der Waals surface area contributed by atoms with Gasteiger partial charge in [0.1, 0.15) is 5.82 Å². The smallest absolute Gasteiger partial charge is 0.303 e. The van der Waals surface area contributed by atoms with Crippen molar-refractivity contribution in [3.05, 3.63) is 71.5 Å². The number of aliphatic carboxylic acids is 1. The number of nitrogens with one attached hydrogen (secondary N) is 1. The predicted molar refractivity (Wildman–Crippen MR) is 101 cm³/mol. The highest BCUT2D eigenvalue weighted by Gasteiger charge is 2.50. The van der Waals surface area contributed by atoms with Crippen molar-refractivity contribution in [3.8, 4) is 0 Å². The molecular formula is C22H24FNO3. The number of carbonyl (C=O) groups excluding carboxylic acids is 1. The number of benzene rings is 2. The molecule has 27 heavy (non-hydrogen) atoms. The summed E-state index contributed by atoms with van der Waals surface area (Å²) in [4.78, 5) is 23.9. The Kier molecular flexibility index (Phi) is 5.89. The minimum Gasteiger partial charge on any atom is -0.481 e. The lowest BCUT2D eigenvalue weighted by Gasteiger charge is -2.23. The standard InChI is InChI=1S/C22H24FNO3/c23-19-9-5-4-8-17(19)15-22(12-13-22)21(27)24-18(10-11-20(25)26)14-16-6-2-1-3-7-16/h1-9,18H,10-15H2,(H,24,27)(H,25,26). The molecule has 0 bridgehead atoms. The number of amides is 1. The predicted octanol–water partition coefficient (Wildman–Crippen LogP) is 3.74. The number of carboxylic acids is 1. The van der Waals surface area contributed by atoms with Crippen molar-refractivity contribution in [1.82, 2.24) is 5.32 Å². The Labute approximate surface area is 158 Å². The molecule has 0 saturated heterocycles. The molecule has 1 unspecified atom stereocenters. The molecule has 1 amide bonds. The second-order valence-electron chi connectivity index (χ2n) is 7.34. The topological polar surface area (TPSA) is 66.4 Å². The van der Waals surface area contributed by atoms with E-state index < -0.39 is 11.4 Å². The SMILES string of the molecule is O=C(O)CCC(Cc1ccccc1)NC(=O)C1(Cc2ccccc2F)CC1. The van der Waals surface area contributed by atoms with Gasteiger partial charge in [0.25, 0.3) is 0 Å². The molecule has 0 spiro atoms. The third kappa shape index (κ3) is 5.16. The van der Waals surface area contributed by atoms with Crippen LogP contribution in [0, 0.1) is 11.2 Å². The van der Waals surface area contributed by atoms with Crippen molar-refractivity contribution >= 4 is 11.9 Å². The van der Waals surface area contributed by atoms with Gasteiger partial charge in [-0.25, -0.2) is 4.39 Å². The first-order valence-corrected chi connectivity index (χ1v) is 9.29. The first kappa shape index (κ1) is 19.1. The van der Waals surface area contributed by atoms with Gasteiger partial charge in [-0.2, -0.15) is 0 Å². The highest BCUT2D eigenvalue weighted by molar-refractivity contribution is 5.86. The highest BCUT2D eigenvalue weighted by atomic mass is 19.1. The molecule has 142 valence electrons. The Hall–Kier alpha value is -2.69.